The number of nitrogens with zero attached hydrogens (tertiary/aromatic N) is 1. The summed E-state index contributed by atoms with van der Waals surface area (Å²) in [6.45, 7) is 9.79. The molecule has 0 spiro atoms. The third-order valence-electron chi connectivity index (χ3n) is 2.66. The van der Waals surface area contributed by atoms with Crippen molar-refractivity contribution in [2.24, 2.45) is 0 Å². The number of ether oxygens (including phenoxy) is 1. The van der Waals surface area contributed by atoms with Gasteiger partial charge in [-0.15, -0.1) is 0 Å². The van der Waals surface area contributed by atoms with E-state index in [4.69, 9.17) is 4.74 Å². The fourth-order valence-electron chi connectivity index (χ4n) is 2.17. The van der Waals surface area contributed by atoms with Crippen LogP contribution >= 0.6 is 0 Å². The van der Waals surface area contributed by atoms with Gasteiger partial charge in [-0.1, -0.05) is 0 Å². The van der Waals surface area contributed by atoms with E-state index in [-0.39, 0.29) is 5.60 Å². The van der Waals surface area contributed by atoms with E-state index in [1.54, 1.807) is 0 Å². The van der Waals surface area contributed by atoms with Crippen LogP contribution in [0.4, 0.5) is 0 Å². The van der Waals surface area contributed by atoms with Gasteiger partial charge in [0.15, 0.2) is 0 Å². The summed E-state index contributed by atoms with van der Waals surface area (Å²) < 4.78 is 5.95. The van der Waals surface area contributed by atoms with Crippen molar-refractivity contribution in [1.82, 2.24) is 4.90 Å². The maximum atomic E-state index is 5.95. The van der Waals surface area contributed by atoms with E-state index >= 15 is 0 Å². The van der Waals surface area contributed by atoms with E-state index in [0.717, 1.165) is 0 Å². The smallest absolute Gasteiger partial charge is 0.0709 e. The average Bonchev–Trinajstić information content (AvgIpc) is 2.30. The molecule has 1 rings (SSSR count). The predicted octanol–water partition coefficient (Wildman–Crippen LogP) is 2.28. The molecule has 1 fully saturated rings. The number of hydrogen-bond donors (Lipinski definition) is 0. The molecule has 1 heterocycles. The Morgan fingerprint density at radius 2 is 2.00 bits per heavy atom. The summed E-state index contributed by atoms with van der Waals surface area (Å²) in [7, 11) is 2.19. The first-order chi connectivity index (χ1) is 5.90. The second-order valence-corrected chi connectivity index (χ2v) is 5.13. The van der Waals surface area contributed by atoms with Gasteiger partial charge in [-0.2, -0.15) is 0 Å². The van der Waals surface area contributed by atoms with Crippen molar-refractivity contribution < 1.29 is 4.74 Å². The normalized spacial score (nSPS) is 27.9. The highest BCUT2D eigenvalue weighted by atomic mass is 16.5. The first-order valence-electron chi connectivity index (χ1n) is 5.28. The van der Waals surface area contributed by atoms with E-state index in [9.17, 15) is 0 Å². The lowest BCUT2D eigenvalue weighted by Gasteiger charge is -2.32. The maximum Gasteiger partial charge on any atom is 0.0709 e. The predicted molar refractivity (Wildman–Crippen MR) is 56.0 cm³/mol. The van der Waals surface area contributed by atoms with Crippen molar-refractivity contribution >= 4 is 0 Å². The van der Waals surface area contributed by atoms with Crippen molar-refractivity contribution in [2.45, 2.75) is 58.3 Å². The second kappa shape index (κ2) is 3.97. The van der Waals surface area contributed by atoms with E-state index < -0.39 is 0 Å². The Hall–Kier alpha value is -0.0800. The molecule has 78 valence electrons. The van der Waals surface area contributed by atoms with Crippen molar-refractivity contribution in [3.63, 3.8) is 0 Å². The van der Waals surface area contributed by atoms with Crippen LogP contribution in [0.5, 0.6) is 0 Å². The van der Waals surface area contributed by atoms with Crippen LogP contribution in [0.1, 0.15) is 40.5 Å². The Morgan fingerprint density at radius 1 is 1.38 bits per heavy atom. The molecule has 0 aliphatic carbocycles. The molecule has 2 heteroatoms. The minimum atomic E-state index is -0.0111. The highest BCUT2D eigenvalue weighted by Gasteiger charge is 2.29. The van der Waals surface area contributed by atoms with Gasteiger partial charge in [-0.3, -0.25) is 0 Å². The molecule has 0 aromatic rings. The van der Waals surface area contributed by atoms with Crippen LogP contribution in [-0.4, -0.2) is 36.2 Å². The van der Waals surface area contributed by atoms with Crippen LogP contribution in [0.15, 0.2) is 0 Å². The lowest BCUT2D eigenvalue weighted by atomic mass is 10.1. The number of rotatable bonds is 2. The summed E-state index contributed by atoms with van der Waals surface area (Å²) in [6, 6.07) is 0.624. The van der Waals surface area contributed by atoms with Gasteiger partial charge >= 0.3 is 0 Å². The van der Waals surface area contributed by atoms with Crippen LogP contribution in [0, 0.1) is 0 Å². The van der Waals surface area contributed by atoms with Crippen LogP contribution in [0.25, 0.3) is 0 Å². The summed E-state index contributed by atoms with van der Waals surface area (Å²) in [4.78, 5) is 2.41. The van der Waals surface area contributed by atoms with Crippen LogP contribution in [-0.2, 0) is 4.74 Å². The molecule has 13 heavy (non-hydrogen) atoms. The van der Waals surface area contributed by atoms with Gasteiger partial charge in [0.05, 0.1) is 11.7 Å². The van der Waals surface area contributed by atoms with Gasteiger partial charge in [-0.25, -0.2) is 0 Å². The van der Waals surface area contributed by atoms with Gasteiger partial charge < -0.3 is 9.64 Å². The molecule has 0 amide bonds. The summed E-state index contributed by atoms with van der Waals surface area (Å²) in [5.74, 6) is 0. The fraction of sp³-hybridized carbons (Fsp3) is 1.00. The lowest BCUT2D eigenvalue weighted by Crippen LogP contribution is -2.40. The van der Waals surface area contributed by atoms with Crippen molar-refractivity contribution in [2.75, 3.05) is 13.6 Å². The van der Waals surface area contributed by atoms with Gasteiger partial charge in [0.2, 0.25) is 0 Å². The SMILES string of the molecule is C[C@H](OC(C)(C)C)[C@@H]1CCCN1C. The van der Waals surface area contributed by atoms with Gasteiger partial charge in [0, 0.05) is 6.04 Å². The molecule has 0 saturated carbocycles. The minimum Gasteiger partial charge on any atom is -0.371 e. The first kappa shape index (κ1) is 11.0. The van der Waals surface area contributed by atoms with Crippen LogP contribution < -0.4 is 0 Å². The highest BCUT2D eigenvalue weighted by Crippen LogP contribution is 2.23. The third-order valence-corrected chi connectivity index (χ3v) is 2.66. The Bertz CT molecular complexity index is 162. The molecule has 2 atom stereocenters. The van der Waals surface area contributed by atoms with Crippen molar-refractivity contribution in [3.05, 3.63) is 0 Å². The second-order valence-electron chi connectivity index (χ2n) is 5.13. The molecule has 0 bridgehead atoms. The number of likely N-dealkylation sites (tertiary alicyclic amines) is 1. The molecule has 0 aromatic carbocycles. The largest absolute Gasteiger partial charge is 0.371 e. The van der Waals surface area contributed by atoms with Gasteiger partial charge in [0.1, 0.15) is 0 Å². The molecule has 1 aliphatic rings. The van der Waals surface area contributed by atoms with Crippen LogP contribution in [0.2, 0.25) is 0 Å². The quantitative estimate of drug-likeness (QED) is 0.654. The fourth-order valence-corrected chi connectivity index (χ4v) is 2.17. The van der Waals surface area contributed by atoms with Gasteiger partial charge in [-0.05, 0) is 54.1 Å². The Labute approximate surface area is 82.3 Å². The molecular weight excluding hydrogens is 162 g/mol. The summed E-state index contributed by atoms with van der Waals surface area (Å²) in [6.07, 6.45) is 2.96. The summed E-state index contributed by atoms with van der Waals surface area (Å²) >= 11 is 0. The lowest BCUT2D eigenvalue weighted by molar-refractivity contribution is -0.0776. The molecule has 2 nitrogen and oxygen atoms in total. The molecule has 0 N–H and O–H groups in total. The van der Waals surface area contributed by atoms with Gasteiger partial charge in [0.25, 0.3) is 0 Å². The first-order valence-corrected chi connectivity index (χ1v) is 5.28. The van der Waals surface area contributed by atoms with Crippen molar-refractivity contribution in [1.29, 1.82) is 0 Å². The third kappa shape index (κ3) is 3.28. The average molecular weight is 185 g/mol. The zero-order valence-corrected chi connectivity index (χ0v) is 9.63. The van der Waals surface area contributed by atoms with E-state index in [0.29, 0.717) is 12.1 Å². The van der Waals surface area contributed by atoms with E-state index in [1.165, 1.54) is 19.4 Å². The molecule has 0 aromatic heterocycles. The highest BCUT2D eigenvalue weighted by molar-refractivity contribution is 4.82. The summed E-state index contributed by atoms with van der Waals surface area (Å²) in [5.41, 5.74) is -0.0111. The number of hydrogen-bond acceptors (Lipinski definition) is 2. The molecule has 0 radical (unpaired) electrons. The summed E-state index contributed by atoms with van der Waals surface area (Å²) in [5, 5.41) is 0. The molecule has 1 saturated heterocycles. The Kier molecular flexibility index (Phi) is 3.36. The maximum absolute atomic E-state index is 5.95. The number of likely N-dealkylation sites (N-methyl/N-ethyl adjacent to an activating group) is 1. The Balaban J connectivity index is 2.43. The van der Waals surface area contributed by atoms with E-state index in [2.05, 4.69) is 39.6 Å². The van der Waals surface area contributed by atoms with Crippen molar-refractivity contribution in [3.8, 4) is 0 Å². The monoisotopic (exact) mass is 185 g/mol. The molecule has 0 unspecified atom stereocenters. The minimum absolute atomic E-state index is 0.0111. The molecule has 1 aliphatic heterocycles. The van der Waals surface area contributed by atoms with Crippen LogP contribution in [0.3, 0.4) is 0 Å². The molecular formula is C11H23NO. The standard InChI is InChI=1S/C11H23NO/c1-9(13-11(2,3)4)10-7-6-8-12(10)5/h9-10H,6-8H2,1-5H3/t9-,10-/m0/s1. The topological polar surface area (TPSA) is 12.5 Å². The zero-order valence-electron chi connectivity index (χ0n) is 9.63. The zero-order chi connectivity index (χ0) is 10.1. The Morgan fingerprint density at radius 3 is 2.38 bits per heavy atom. The van der Waals surface area contributed by atoms with E-state index in [1.807, 2.05) is 0 Å².